The second kappa shape index (κ2) is 8.05. The number of amides is 2. The van der Waals surface area contributed by atoms with Crippen LogP contribution in [0.4, 0.5) is 10.5 Å². The Bertz CT molecular complexity index is 945. The quantitative estimate of drug-likeness (QED) is 0.648. The molecule has 2 aliphatic carbocycles. The summed E-state index contributed by atoms with van der Waals surface area (Å²) < 4.78 is 30.4. The maximum Gasteiger partial charge on any atom is 0.333 e. The Hall–Kier alpha value is -1.64. The molecular weight excluding hydrogens is 412 g/mol. The van der Waals surface area contributed by atoms with E-state index in [0.717, 1.165) is 69.9 Å². The Kier molecular flexibility index (Phi) is 5.51. The van der Waals surface area contributed by atoms with E-state index in [1.54, 1.807) is 0 Å². The molecule has 2 bridgehead atoms. The lowest BCUT2D eigenvalue weighted by atomic mass is 9.97. The molecule has 0 spiro atoms. The summed E-state index contributed by atoms with van der Waals surface area (Å²) in [5, 5.41) is 2.91. The highest BCUT2D eigenvalue weighted by Crippen LogP contribution is 2.39. The van der Waals surface area contributed by atoms with E-state index < -0.39 is 16.2 Å². The van der Waals surface area contributed by atoms with Crippen LogP contribution in [-0.4, -0.2) is 43.5 Å². The number of rotatable bonds is 5. The number of nitrogens with one attached hydrogen (secondary N) is 3. The van der Waals surface area contributed by atoms with Gasteiger partial charge >= 0.3 is 16.2 Å². The number of benzene rings is 1. The van der Waals surface area contributed by atoms with E-state index in [-0.39, 0.29) is 6.04 Å². The Balaban J connectivity index is 1.25. The van der Waals surface area contributed by atoms with E-state index in [0.29, 0.717) is 18.1 Å². The van der Waals surface area contributed by atoms with Crippen LogP contribution in [0.3, 0.4) is 0 Å². The van der Waals surface area contributed by atoms with Gasteiger partial charge in [0.1, 0.15) is 0 Å². The van der Waals surface area contributed by atoms with Crippen LogP contribution in [0.1, 0.15) is 74.6 Å². The lowest BCUT2D eigenvalue weighted by Gasteiger charge is -2.41. The standard InChI is InChI=1S/C23H34N4O3S/c1-14(2)27-18-9-10-19(27)13-17(12-18)25-31(29,30)26-23(28)24-22-20-7-3-5-15(20)11-16-6-4-8-21(16)22/h11,14,17-19,25H,3-10,12-13H2,1-2H3,(H2,24,26,28). The molecule has 1 aromatic rings. The molecule has 2 aliphatic heterocycles. The molecule has 2 fully saturated rings. The summed E-state index contributed by atoms with van der Waals surface area (Å²) in [6.45, 7) is 4.41. The fraction of sp³-hybridized carbons (Fsp3) is 0.696. The number of hydrogen-bond acceptors (Lipinski definition) is 4. The molecule has 2 saturated heterocycles. The summed E-state index contributed by atoms with van der Waals surface area (Å²) in [4.78, 5) is 15.2. The number of anilines is 1. The maximum atomic E-state index is 12.7. The minimum atomic E-state index is -3.92. The molecule has 31 heavy (non-hydrogen) atoms. The molecule has 170 valence electrons. The van der Waals surface area contributed by atoms with Gasteiger partial charge in [0, 0.05) is 29.9 Å². The van der Waals surface area contributed by atoms with Crippen molar-refractivity contribution in [2.45, 2.75) is 102 Å². The first-order valence-corrected chi connectivity index (χ1v) is 13.3. The third kappa shape index (κ3) is 4.10. The van der Waals surface area contributed by atoms with Crippen molar-refractivity contribution in [3.05, 3.63) is 28.3 Å². The molecule has 3 N–H and O–H groups in total. The molecule has 0 radical (unpaired) electrons. The molecule has 1 aromatic carbocycles. The van der Waals surface area contributed by atoms with E-state index in [2.05, 4.69) is 39.6 Å². The number of hydrogen-bond donors (Lipinski definition) is 3. The van der Waals surface area contributed by atoms with Crippen molar-refractivity contribution < 1.29 is 13.2 Å². The van der Waals surface area contributed by atoms with Crippen LogP contribution < -0.4 is 14.8 Å². The molecule has 0 aromatic heterocycles. The van der Waals surface area contributed by atoms with Gasteiger partial charge in [-0.2, -0.15) is 13.1 Å². The van der Waals surface area contributed by atoms with E-state index >= 15 is 0 Å². The molecule has 2 atom stereocenters. The van der Waals surface area contributed by atoms with Crippen LogP contribution in [0.25, 0.3) is 0 Å². The van der Waals surface area contributed by atoms with Crippen molar-refractivity contribution in [1.82, 2.24) is 14.3 Å². The van der Waals surface area contributed by atoms with Crippen molar-refractivity contribution in [3.8, 4) is 0 Å². The molecule has 7 nitrogen and oxygen atoms in total. The fourth-order valence-electron chi connectivity index (χ4n) is 6.63. The highest BCUT2D eigenvalue weighted by Gasteiger charge is 2.42. The van der Waals surface area contributed by atoms with Crippen molar-refractivity contribution in [3.63, 3.8) is 0 Å². The highest BCUT2D eigenvalue weighted by atomic mass is 32.2. The Morgan fingerprint density at radius 1 is 1.00 bits per heavy atom. The zero-order chi connectivity index (χ0) is 21.8. The maximum absolute atomic E-state index is 12.7. The normalized spacial score (nSPS) is 27.4. The lowest BCUT2D eigenvalue weighted by molar-refractivity contribution is 0.0903. The van der Waals surface area contributed by atoms with Crippen LogP contribution in [0.2, 0.25) is 0 Å². The predicted molar refractivity (Wildman–Crippen MR) is 122 cm³/mol. The molecule has 4 aliphatic rings. The first-order valence-electron chi connectivity index (χ1n) is 11.9. The van der Waals surface area contributed by atoms with Crippen molar-refractivity contribution in [1.29, 1.82) is 0 Å². The average molecular weight is 447 g/mol. The van der Waals surface area contributed by atoms with Crippen LogP contribution in [0.5, 0.6) is 0 Å². The summed E-state index contributed by atoms with van der Waals surface area (Å²) in [5.74, 6) is 0. The monoisotopic (exact) mass is 446 g/mol. The molecule has 5 rings (SSSR count). The van der Waals surface area contributed by atoms with Gasteiger partial charge in [0.25, 0.3) is 0 Å². The molecule has 2 amide bonds. The summed E-state index contributed by atoms with van der Waals surface area (Å²) in [5.41, 5.74) is 5.87. The van der Waals surface area contributed by atoms with Crippen LogP contribution in [0, 0.1) is 0 Å². The lowest BCUT2D eigenvalue weighted by Crippen LogP contribution is -2.54. The van der Waals surface area contributed by atoms with E-state index in [1.165, 1.54) is 22.3 Å². The van der Waals surface area contributed by atoms with Crippen molar-refractivity contribution in [2.24, 2.45) is 0 Å². The topological polar surface area (TPSA) is 90.5 Å². The summed E-state index contributed by atoms with van der Waals surface area (Å²) in [6, 6.07) is 2.84. The third-order valence-corrected chi connectivity index (χ3v) is 8.74. The van der Waals surface area contributed by atoms with Gasteiger partial charge in [0.05, 0.1) is 0 Å². The Morgan fingerprint density at radius 3 is 2.13 bits per heavy atom. The first-order chi connectivity index (χ1) is 14.8. The van der Waals surface area contributed by atoms with Gasteiger partial charge < -0.3 is 5.32 Å². The van der Waals surface area contributed by atoms with E-state index in [1.807, 2.05) is 0 Å². The number of fused-ring (bicyclic) bond motifs is 4. The minimum absolute atomic E-state index is 0.122. The Morgan fingerprint density at radius 2 is 1.58 bits per heavy atom. The average Bonchev–Trinajstić information content (AvgIpc) is 3.38. The third-order valence-electron chi connectivity index (χ3n) is 7.65. The highest BCUT2D eigenvalue weighted by molar-refractivity contribution is 7.88. The SMILES string of the molecule is CC(C)N1C2CCC1CC(NS(=O)(=O)NC(=O)Nc1c3c(cc4c1CCC4)CCC3)C2. The van der Waals surface area contributed by atoms with Gasteiger partial charge in [0.2, 0.25) is 0 Å². The predicted octanol–water partition coefficient (Wildman–Crippen LogP) is 3.02. The van der Waals surface area contributed by atoms with Crippen LogP contribution in [0.15, 0.2) is 6.07 Å². The van der Waals surface area contributed by atoms with Gasteiger partial charge in [-0.15, -0.1) is 0 Å². The second-order valence-electron chi connectivity index (χ2n) is 10.0. The molecular formula is C23H34N4O3S. The number of nitrogens with zero attached hydrogens (tertiary/aromatic N) is 1. The zero-order valence-electron chi connectivity index (χ0n) is 18.5. The number of urea groups is 1. The van der Waals surface area contributed by atoms with Gasteiger partial charge in [0.15, 0.2) is 0 Å². The zero-order valence-corrected chi connectivity index (χ0v) is 19.4. The van der Waals surface area contributed by atoms with E-state index in [9.17, 15) is 13.2 Å². The van der Waals surface area contributed by atoms with E-state index in [4.69, 9.17) is 0 Å². The minimum Gasteiger partial charge on any atom is -0.307 e. The van der Waals surface area contributed by atoms with Gasteiger partial charge in [-0.3, -0.25) is 4.90 Å². The van der Waals surface area contributed by atoms with Crippen molar-refractivity contribution >= 4 is 21.9 Å². The number of piperidine rings is 1. The summed E-state index contributed by atoms with van der Waals surface area (Å²) in [6.07, 6.45) is 10.00. The molecule has 2 unspecified atom stereocenters. The fourth-order valence-corrected chi connectivity index (χ4v) is 7.62. The molecule has 2 heterocycles. The number of aryl methyl sites for hydroxylation is 2. The number of carbonyl (C=O) groups excluding carboxylic acids is 1. The van der Waals surface area contributed by atoms with Crippen LogP contribution >= 0.6 is 0 Å². The van der Waals surface area contributed by atoms with Gasteiger partial charge in [-0.1, -0.05) is 6.07 Å². The Labute approximate surface area is 185 Å². The van der Waals surface area contributed by atoms with Gasteiger partial charge in [-0.05, 0) is 100 Å². The van der Waals surface area contributed by atoms with Gasteiger partial charge in [-0.25, -0.2) is 9.52 Å². The summed E-state index contributed by atoms with van der Waals surface area (Å²) >= 11 is 0. The smallest absolute Gasteiger partial charge is 0.307 e. The molecule has 8 heteroatoms. The van der Waals surface area contributed by atoms with Crippen molar-refractivity contribution in [2.75, 3.05) is 5.32 Å². The van der Waals surface area contributed by atoms with Crippen LogP contribution in [-0.2, 0) is 35.9 Å². The first kappa shape index (κ1) is 21.2. The summed E-state index contributed by atoms with van der Waals surface area (Å²) in [7, 11) is -3.92. The molecule has 0 saturated carbocycles. The largest absolute Gasteiger partial charge is 0.333 e. The number of carbonyl (C=O) groups is 1. The second-order valence-corrected chi connectivity index (χ2v) is 11.5.